The van der Waals surface area contributed by atoms with Gasteiger partial charge in [0.1, 0.15) is 11.4 Å². The highest BCUT2D eigenvalue weighted by Crippen LogP contribution is 2.35. The van der Waals surface area contributed by atoms with Gasteiger partial charge in [-0.05, 0) is 30.3 Å². The zero-order chi connectivity index (χ0) is 13.8. The SMILES string of the molecule is N#Cc1cccc(Oc2cccc(N)c2[N+](=O)[O-])c1. The van der Waals surface area contributed by atoms with E-state index in [1.807, 2.05) is 6.07 Å². The van der Waals surface area contributed by atoms with Crippen molar-refractivity contribution in [3.8, 4) is 17.6 Å². The van der Waals surface area contributed by atoms with Gasteiger partial charge in [-0.25, -0.2) is 0 Å². The number of nitro groups is 1. The summed E-state index contributed by atoms with van der Waals surface area (Å²) >= 11 is 0. The van der Waals surface area contributed by atoms with E-state index in [4.69, 9.17) is 15.7 Å². The fraction of sp³-hybridized carbons (Fsp3) is 0. The van der Waals surface area contributed by atoms with E-state index in [0.717, 1.165) is 0 Å². The summed E-state index contributed by atoms with van der Waals surface area (Å²) in [7, 11) is 0. The van der Waals surface area contributed by atoms with Crippen molar-refractivity contribution in [3.63, 3.8) is 0 Å². The number of nitrogens with zero attached hydrogens (tertiary/aromatic N) is 2. The lowest BCUT2D eigenvalue weighted by molar-refractivity contribution is -0.384. The molecule has 0 amide bonds. The first-order valence-electron chi connectivity index (χ1n) is 5.32. The van der Waals surface area contributed by atoms with Crippen LogP contribution in [0.2, 0.25) is 0 Å². The highest BCUT2D eigenvalue weighted by Gasteiger charge is 2.19. The van der Waals surface area contributed by atoms with Crippen molar-refractivity contribution in [1.82, 2.24) is 0 Å². The molecular weight excluding hydrogens is 246 g/mol. The Balaban J connectivity index is 2.41. The van der Waals surface area contributed by atoms with E-state index in [1.165, 1.54) is 18.2 Å². The van der Waals surface area contributed by atoms with Crippen molar-refractivity contribution in [1.29, 1.82) is 5.26 Å². The van der Waals surface area contributed by atoms with Gasteiger partial charge in [-0.3, -0.25) is 10.1 Å². The molecule has 94 valence electrons. The van der Waals surface area contributed by atoms with Gasteiger partial charge in [-0.1, -0.05) is 12.1 Å². The molecule has 19 heavy (non-hydrogen) atoms. The number of nitriles is 1. The number of para-hydroxylation sites is 1. The summed E-state index contributed by atoms with van der Waals surface area (Å²) in [4.78, 5) is 10.4. The van der Waals surface area contributed by atoms with E-state index in [2.05, 4.69) is 0 Å². The Morgan fingerprint density at radius 2 is 2.00 bits per heavy atom. The zero-order valence-corrected chi connectivity index (χ0v) is 9.74. The molecule has 0 aliphatic heterocycles. The normalized spacial score (nSPS) is 9.63. The van der Waals surface area contributed by atoms with Gasteiger partial charge in [0.15, 0.2) is 0 Å². The molecule has 2 aromatic carbocycles. The Bertz CT molecular complexity index is 677. The van der Waals surface area contributed by atoms with Crippen LogP contribution in [-0.4, -0.2) is 4.92 Å². The van der Waals surface area contributed by atoms with E-state index in [9.17, 15) is 10.1 Å². The Hall–Kier alpha value is -3.07. The number of nitrogen functional groups attached to an aromatic ring is 1. The van der Waals surface area contributed by atoms with Crippen LogP contribution in [-0.2, 0) is 0 Å². The lowest BCUT2D eigenvalue weighted by atomic mass is 10.2. The average Bonchev–Trinajstić information content (AvgIpc) is 2.38. The maximum absolute atomic E-state index is 10.9. The van der Waals surface area contributed by atoms with Crippen LogP contribution in [0, 0.1) is 21.4 Å². The second kappa shape index (κ2) is 5.06. The van der Waals surface area contributed by atoms with Gasteiger partial charge in [0, 0.05) is 0 Å². The van der Waals surface area contributed by atoms with E-state index < -0.39 is 4.92 Å². The predicted octanol–water partition coefficient (Wildman–Crippen LogP) is 2.84. The summed E-state index contributed by atoms with van der Waals surface area (Å²) in [6.45, 7) is 0. The largest absolute Gasteiger partial charge is 0.450 e. The first-order chi connectivity index (χ1) is 9.11. The smallest absolute Gasteiger partial charge is 0.334 e. The highest BCUT2D eigenvalue weighted by atomic mass is 16.6. The lowest BCUT2D eigenvalue weighted by Crippen LogP contribution is -1.98. The molecule has 0 spiro atoms. The minimum absolute atomic E-state index is 0.0268. The number of hydrogen-bond donors (Lipinski definition) is 1. The van der Waals surface area contributed by atoms with Crippen molar-refractivity contribution < 1.29 is 9.66 Å². The van der Waals surface area contributed by atoms with Crippen LogP contribution in [0.25, 0.3) is 0 Å². The third kappa shape index (κ3) is 2.61. The Morgan fingerprint density at radius 3 is 2.68 bits per heavy atom. The monoisotopic (exact) mass is 255 g/mol. The molecule has 0 radical (unpaired) electrons. The summed E-state index contributed by atoms with van der Waals surface area (Å²) in [5, 5.41) is 19.7. The summed E-state index contributed by atoms with van der Waals surface area (Å²) in [5.41, 5.74) is 5.70. The number of rotatable bonds is 3. The number of ether oxygens (including phenoxy) is 1. The van der Waals surface area contributed by atoms with Crippen LogP contribution >= 0.6 is 0 Å². The lowest BCUT2D eigenvalue weighted by Gasteiger charge is -2.07. The molecule has 0 aromatic heterocycles. The number of anilines is 1. The van der Waals surface area contributed by atoms with Crippen molar-refractivity contribution in [2.75, 3.05) is 5.73 Å². The number of benzene rings is 2. The summed E-state index contributed by atoms with van der Waals surface area (Å²) in [6, 6.07) is 12.7. The maximum Gasteiger partial charge on any atom is 0.334 e. The van der Waals surface area contributed by atoms with Crippen molar-refractivity contribution in [2.24, 2.45) is 0 Å². The van der Waals surface area contributed by atoms with Crippen LogP contribution in [0.15, 0.2) is 42.5 Å². The molecule has 6 nitrogen and oxygen atoms in total. The van der Waals surface area contributed by atoms with Gasteiger partial charge in [0.2, 0.25) is 5.75 Å². The van der Waals surface area contributed by atoms with Gasteiger partial charge in [0.05, 0.1) is 16.6 Å². The van der Waals surface area contributed by atoms with Crippen molar-refractivity contribution in [3.05, 3.63) is 58.1 Å². The Labute approximate surface area is 108 Å². The molecule has 0 aliphatic rings. The average molecular weight is 255 g/mol. The number of nitro benzene ring substituents is 1. The molecule has 0 aliphatic carbocycles. The van der Waals surface area contributed by atoms with E-state index in [-0.39, 0.29) is 17.1 Å². The molecule has 0 fully saturated rings. The van der Waals surface area contributed by atoms with E-state index in [1.54, 1.807) is 24.3 Å². The number of hydrogen-bond acceptors (Lipinski definition) is 5. The highest BCUT2D eigenvalue weighted by molar-refractivity contribution is 5.66. The summed E-state index contributed by atoms with van der Waals surface area (Å²) in [5.74, 6) is 0.382. The fourth-order valence-corrected chi connectivity index (χ4v) is 1.57. The Morgan fingerprint density at radius 1 is 1.26 bits per heavy atom. The van der Waals surface area contributed by atoms with Gasteiger partial charge >= 0.3 is 5.69 Å². The molecule has 0 saturated heterocycles. The molecular formula is C13H9N3O3. The molecule has 0 bridgehead atoms. The van der Waals surface area contributed by atoms with Gasteiger partial charge in [0.25, 0.3) is 0 Å². The molecule has 2 rings (SSSR count). The molecule has 2 aromatic rings. The first kappa shape index (κ1) is 12.4. The quantitative estimate of drug-likeness (QED) is 0.516. The summed E-state index contributed by atoms with van der Waals surface area (Å²) in [6.07, 6.45) is 0. The van der Waals surface area contributed by atoms with E-state index in [0.29, 0.717) is 11.3 Å². The second-order valence-corrected chi connectivity index (χ2v) is 3.69. The third-order valence-corrected chi connectivity index (χ3v) is 2.40. The molecule has 0 heterocycles. The number of nitrogens with two attached hydrogens (primary N) is 1. The minimum atomic E-state index is -0.598. The van der Waals surface area contributed by atoms with Gasteiger partial charge in [-0.15, -0.1) is 0 Å². The minimum Gasteiger partial charge on any atom is -0.450 e. The molecule has 0 atom stereocenters. The molecule has 0 saturated carbocycles. The first-order valence-corrected chi connectivity index (χ1v) is 5.32. The second-order valence-electron chi connectivity index (χ2n) is 3.69. The van der Waals surface area contributed by atoms with Gasteiger partial charge < -0.3 is 10.5 Å². The topological polar surface area (TPSA) is 102 Å². The third-order valence-electron chi connectivity index (χ3n) is 2.40. The van der Waals surface area contributed by atoms with Crippen molar-refractivity contribution >= 4 is 11.4 Å². The van der Waals surface area contributed by atoms with Crippen LogP contribution in [0.4, 0.5) is 11.4 Å². The van der Waals surface area contributed by atoms with Crippen LogP contribution < -0.4 is 10.5 Å². The molecule has 6 heteroatoms. The van der Waals surface area contributed by atoms with Crippen LogP contribution in [0.3, 0.4) is 0 Å². The van der Waals surface area contributed by atoms with Gasteiger partial charge in [-0.2, -0.15) is 5.26 Å². The van der Waals surface area contributed by atoms with Crippen LogP contribution in [0.5, 0.6) is 11.5 Å². The molecule has 2 N–H and O–H groups in total. The standard InChI is InChI=1S/C13H9N3O3/c14-8-9-3-1-4-10(7-9)19-12-6-2-5-11(15)13(12)16(17)18/h1-7H,15H2. The predicted molar refractivity (Wildman–Crippen MR) is 68.7 cm³/mol. The molecule has 0 unspecified atom stereocenters. The summed E-state index contributed by atoms with van der Waals surface area (Å²) < 4.78 is 5.42. The fourth-order valence-electron chi connectivity index (χ4n) is 1.57. The van der Waals surface area contributed by atoms with E-state index >= 15 is 0 Å². The zero-order valence-electron chi connectivity index (χ0n) is 9.74. The van der Waals surface area contributed by atoms with Crippen LogP contribution in [0.1, 0.15) is 5.56 Å². The Kier molecular flexibility index (Phi) is 3.30. The maximum atomic E-state index is 10.9. The van der Waals surface area contributed by atoms with Crippen molar-refractivity contribution in [2.45, 2.75) is 0 Å².